The summed E-state index contributed by atoms with van der Waals surface area (Å²) in [6, 6.07) is 5.21. The third kappa shape index (κ3) is 2.69. The molecule has 0 saturated heterocycles. The summed E-state index contributed by atoms with van der Waals surface area (Å²) in [6.45, 7) is 0. The van der Waals surface area contributed by atoms with Gasteiger partial charge in [0.05, 0.1) is 22.3 Å². The molecule has 0 radical (unpaired) electrons. The Labute approximate surface area is 161 Å². The van der Waals surface area contributed by atoms with Gasteiger partial charge in [-0.05, 0) is 34.8 Å². The molecule has 2 aromatic heterocycles. The second-order valence-electron chi connectivity index (χ2n) is 6.64. The van der Waals surface area contributed by atoms with Crippen LogP contribution in [0.25, 0.3) is 21.1 Å². The Balaban J connectivity index is 1.96. The van der Waals surface area contributed by atoms with Gasteiger partial charge in [0.25, 0.3) is 0 Å². The van der Waals surface area contributed by atoms with Gasteiger partial charge >= 0.3 is 11.6 Å². The maximum atomic E-state index is 12.2. The lowest BCUT2D eigenvalue weighted by Gasteiger charge is -2.31. The second-order valence-corrected chi connectivity index (χ2v) is 8.45. The van der Waals surface area contributed by atoms with E-state index in [1.807, 2.05) is 6.07 Å². The van der Waals surface area contributed by atoms with E-state index in [2.05, 4.69) is 20.7 Å². The number of carbonyl (C=O) groups excluding carboxylic acids is 1. The highest BCUT2D eigenvalue weighted by atomic mass is 79.9. The van der Waals surface area contributed by atoms with E-state index in [-0.39, 0.29) is 5.56 Å². The summed E-state index contributed by atoms with van der Waals surface area (Å²) in [6.07, 6.45) is 4.59. The SMILES string of the molecule is COC(=O)c1cc2ccc3c(Br)c(C4(O)CCCCC4)sc3c2oc1=O. The number of thiophene rings is 1. The number of carbonyl (C=O) groups is 1. The highest BCUT2D eigenvalue weighted by Crippen LogP contribution is 2.48. The van der Waals surface area contributed by atoms with Crippen LogP contribution in [0.4, 0.5) is 0 Å². The van der Waals surface area contributed by atoms with Gasteiger partial charge in [0, 0.05) is 15.2 Å². The first kappa shape index (κ1) is 17.7. The number of ether oxygens (including phenoxy) is 1. The predicted molar refractivity (Wildman–Crippen MR) is 104 cm³/mol. The Kier molecular flexibility index (Phi) is 4.41. The van der Waals surface area contributed by atoms with Crippen molar-refractivity contribution in [3.8, 4) is 0 Å². The zero-order chi connectivity index (χ0) is 18.5. The molecular weight excluding hydrogens is 420 g/mol. The number of benzene rings is 1. The minimum atomic E-state index is -0.848. The molecule has 1 saturated carbocycles. The standard InChI is InChI=1S/C19H17BrO5S/c1-24-17(21)12-9-10-5-6-11-13(20)16(19(23)7-3-2-4-8-19)26-15(11)14(10)25-18(12)22/h5-6,9,23H,2-4,7-8H2,1H3. The zero-order valence-electron chi connectivity index (χ0n) is 14.1. The Morgan fingerprint density at radius 3 is 2.73 bits per heavy atom. The van der Waals surface area contributed by atoms with Gasteiger partial charge in [-0.15, -0.1) is 11.3 Å². The first-order chi connectivity index (χ1) is 12.4. The van der Waals surface area contributed by atoms with Crippen LogP contribution in [-0.2, 0) is 10.3 Å². The van der Waals surface area contributed by atoms with Crippen molar-refractivity contribution in [3.63, 3.8) is 0 Å². The molecule has 0 aliphatic heterocycles. The fraction of sp³-hybridized carbons (Fsp3) is 0.368. The second kappa shape index (κ2) is 6.48. The molecule has 1 aliphatic carbocycles. The maximum absolute atomic E-state index is 12.2. The number of hydrogen-bond acceptors (Lipinski definition) is 6. The third-order valence-corrected chi connectivity index (χ3v) is 7.49. The van der Waals surface area contributed by atoms with E-state index in [1.54, 1.807) is 6.07 Å². The smallest absolute Gasteiger partial charge is 0.351 e. The molecule has 1 aromatic carbocycles. The van der Waals surface area contributed by atoms with Gasteiger partial charge in [-0.3, -0.25) is 0 Å². The van der Waals surface area contributed by atoms with Gasteiger partial charge in [-0.25, -0.2) is 9.59 Å². The van der Waals surface area contributed by atoms with E-state index in [9.17, 15) is 14.7 Å². The highest BCUT2D eigenvalue weighted by Gasteiger charge is 2.35. The first-order valence-corrected chi connectivity index (χ1v) is 10.1. The van der Waals surface area contributed by atoms with E-state index < -0.39 is 17.2 Å². The number of halogens is 1. The van der Waals surface area contributed by atoms with Crippen molar-refractivity contribution in [3.05, 3.63) is 43.5 Å². The quantitative estimate of drug-likeness (QED) is 0.464. The molecule has 0 unspecified atom stereocenters. The van der Waals surface area contributed by atoms with E-state index in [4.69, 9.17) is 4.42 Å². The van der Waals surface area contributed by atoms with Crippen molar-refractivity contribution in [1.82, 2.24) is 0 Å². The lowest BCUT2D eigenvalue weighted by atomic mass is 9.83. The van der Waals surface area contributed by atoms with E-state index >= 15 is 0 Å². The van der Waals surface area contributed by atoms with Gasteiger partial charge in [0.15, 0.2) is 5.58 Å². The molecule has 4 rings (SSSR count). The van der Waals surface area contributed by atoms with Crippen LogP contribution in [0.2, 0.25) is 0 Å². The summed E-state index contributed by atoms with van der Waals surface area (Å²) in [7, 11) is 1.22. The van der Waals surface area contributed by atoms with E-state index in [1.165, 1.54) is 24.5 Å². The van der Waals surface area contributed by atoms with Crippen LogP contribution in [0, 0.1) is 0 Å². The average Bonchev–Trinajstić information content (AvgIpc) is 2.99. The molecule has 2 heterocycles. The van der Waals surface area contributed by atoms with Crippen molar-refractivity contribution in [2.75, 3.05) is 7.11 Å². The van der Waals surface area contributed by atoms with Crippen LogP contribution < -0.4 is 5.63 Å². The van der Waals surface area contributed by atoms with Crippen LogP contribution in [0.15, 0.2) is 31.9 Å². The molecule has 0 bridgehead atoms. The maximum Gasteiger partial charge on any atom is 0.351 e. The number of hydrogen-bond donors (Lipinski definition) is 1. The Bertz CT molecular complexity index is 1070. The summed E-state index contributed by atoms with van der Waals surface area (Å²) < 4.78 is 11.7. The van der Waals surface area contributed by atoms with Crippen LogP contribution in [0.5, 0.6) is 0 Å². The number of rotatable bonds is 2. The fourth-order valence-electron chi connectivity index (χ4n) is 3.62. The number of fused-ring (bicyclic) bond motifs is 3. The lowest BCUT2D eigenvalue weighted by molar-refractivity contribution is 0.00231. The molecule has 1 aliphatic rings. The summed E-state index contributed by atoms with van der Waals surface area (Å²) in [4.78, 5) is 24.8. The summed E-state index contributed by atoms with van der Waals surface area (Å²) in [5.41, 5.74) is -1.27. The molecule has 1 fully saturated rings. The minimum absolute atomic E-state index is 0.124. The van der Waals surface area contributed by atoms with Crippen molar-refractivity contribution >= 4 is 54.3 Å². The minimum Gasteiger partial charge on any atom is -0.465 e. The molecule has 3 aromatic rings. The highest BCUT2D eigenvalue weighted by molar-refractivity contribution is 9.10. The van der Waals surface area contributed by atoms with Gasteiger partial charge in [-0.2, -0.15) is 0 Å². The van der Waals surface area contributed by atoms with Crippen molar-refractivity contribution in [2.24, 2.45) is 0 Å². The van der Waals surface area contributed by atoms with Crippen LogP contribution in [-0.4, -0.2) is 18.2 Å². The fourth-order valence-corrected chi connectivity index (χ4v) is 6.02. The van der Waals surface area contributed by atoms with E-state index in [0.29, 0.717) is 11.0 Å². The average molecular weight is 437 g/mol. The van der Waals surface area contributed by atoms with Gasteiger partial charge in [-0.1, -0.05) is 31.4 Å². The van der Waals surface area contributed by atoms with Crippen LogP contribution >= 0.6 is 27.3 Å². The molecule has 1 N–H and O–H groups in total. The Morgan fingerprint density at radius 1 is 1.31 bits per heavy atom. The van der Waals surface area contributed by atoms with Crippen LogP contribution in [0.1, 0.15) is 47.3 Å². The summed E-state index contributed by atoms with van der Waals surface area (Å²) in [5.74, 6) is -0.717. The van der Waals surface area contributed by atoms with Crippen molar-refractivity contribution < 1.29 is 19.1 Å². The topological polar surface area (TPSA) is 76.7 Å². The first-order valence-electron chi connectivity index (χ1n) is 8.44. The zero-order valence-corrected chi connectivity index (χ0v) is 16.5. The van der Waals surface area contributed by atoms with Crippen molar-refractivity contribution in [2.45, 2.75) is 37.7 Å². The van der Waals surface area contributed by atoms with E-state index in [0.717, 1.165) is 51.5 Å². The molecule has 136 valence electrons. The monoisotopic (exact) mass is 436 g/mol. The summed E-state index contributed by atoms with van der Waals surface area (Å²) in [5, 5.41) is 12.7. The largest absolute Gasteiger partial charge is 0.465 e. The molecule has 5 nitrogen and oxygen atoms in total. The predicted octanol–water partition coefficient (Wildman–Crippen LogP) is 4.71. The lowest BCUT2D eigenvalue weighted by Crippen LogP contribution is -2.27. The molecular formula is C19H17BrO5S. The molecule has 0 spiro atoms. The number of esters is 1. The molecule has 7 heteroatoms. The normalized spacial score (nSPS) is 16.9. The number of aliphatic hydroxyl groups is 1. The van der Waals surface area contributed by atoms with Gasteiger partial charge in [0.2, 0.25) is 0 Å². The Morgan fingerprint density at radius 2 is 2.04 bits per heavy atom. The molecule has 0 amide bonds. The van der Waals surface area contributed by atoms with Gasteiger partial charge in [0.1, 0.15) is 5.56 Å². The Hall–Kier alpha value is -1.70. The van der Waals surface area contributed by atoms with Crippen LogP contribution in [0.3, 0.4) is 0 Å². The van der Waals surface area contributed by atoms with Gasteiger partial charge < -0.3 is 14.3 Å². The number of methoxy groups -OCH3 is 1. The van der Waals surface area contributed by atoms with Crippen molar-refractivity contribution in [1.29, 1.82) is 0 Å². The summed E-state index contributed by atoms with van der Waals surface area (Å²) >= 11 is 5.07. The molecule has 26 heavy (non-hydrogen) atoms. The molecule has 0 atom stereocenters. The third-order valence-electron chi connectivity index (χ3n) is 5.01.